The van der Waals surface area contributed by atoms with Crippen molar-refractivity contribution in [2.24, 2.45) is 14.1 Å². The van der Waals surface area contributed by atoms with Crippen LogP contribution in [0.25, 0.3) is 21.7 Å². The van der Waals surface area contributed by atoms with E-state index in [1.807, 2.05) is 0 Å². The number of amides is 1. The first kappa shape index (κ1) is 23.9. The normalized spacial score (nSPS) is 16.6. The molecule has 36 heavy (non-hydrogen) atoms. The smallest absolute Gasteiger partial charge is 0.332 e. The molecule has 0 radical (unpaired) electrons. The first-order valence-electron chi connectivity index (χ1n) is 11.5. The number of hydrogen-bond donors (Lipinski definition) is 1. The lowest BCUT2D eigenvalue weighted by Gasteiger charge is -2.24. The molecule has 1 amide bonds. The van der Waals surface area contributed by atoms with Crippen molar-refractivity contribution in [3.05, 3.63) is 51.2 Å². The number of hydrogen-bond acceptors (Lipinski definition) is 8. The van der Waals surface area contributed by atoms with Crippen LogP contribution in [0.3, 0.4) is 0 Å². The second kappa shape index (κ2) is 8.97. The number of carbonyl (C=O) groups is 1. The fourth-order valence-electron chi connectivity index (χ4n) is 4.55. The van der Waals surface area contributed by atoms with E-state index in [0.717, 1.165) is 35.3 Å². The van der Waals surface area contributed by atoms with E-state index < -0.39 is 23.2 Å². The van der Waals surface area contributed by atoms with Crippen molar-refractivity contribution in [1.29, 1.82) is 0 Å². The number of aromatic nitrogens is 6. The van der Waals surface area contributed by atoms with Crippen LogP contribution in [0.5, 0.6) is 0 Å². The summed E-state index contributed by atoms with van der Waals surface area (Å²) >= 11 is 1.12. The number of anilines is 2. The van der Waals surface area contributed by atoms with Crippen molar-refractivity contribution in [2.75, 3.05) is 16.8 Å². The van der Waals surface area contributed by atoms with Gasteiger partial charge in [-0.15, -0.1) is 10.2 Å². The molecule has 0 aliphatic carbocycles. The summed E-state index contributed by atoms with van der Waals surface area (Å²) in [5, 5.41) is 11.5. The average molecular weight is 513 g/mol. The number of benzene rings is 1. The Labute approximate surface area is 208 Å². The summed E-state index contributed by atoms with van der Waals surface area (Å²) in [6, 6.07) is 4.47. The van der Waals surface area contributed by atoms with E-state index in [-0.39, 0.29) is 22.1 Å². The van der Waals surface area contributed by atoms with Crippen LogP contribution in [0.4, 0.5) is 15.2 Å². The van der Waals surface area contributed by atoms with Gasteiger partial charge in [-0.05, 0) is 44.9 Å². The number of carbonyl (C=O) groups excluding carboxylic acids is 1. The Balaban J connectivity index is 1.36. The number of imidazole rings is 1. The lowest BCUT2D eigenvalue weighted by atomic mass is 10.1. The van der Waals surface area contributed by atoms with Crippen LogP contribution in [0, 0.1) is 5.82 Å². The molecule has 1 saturated heterocycles. The minimum absolute atomic E-state index is 0.142. The van der Waals surface area contributed by atoms with E-state index in [1.54, 1.807) is 19.1 Å². The largest absolute Gasteiger partial charge is 0.366 e. The highest BCUT2D eigenvalue weighted by Crippen LogP contribution is 2.33. The van der Waals surface area contributed by atoms with Crippen LogP contribution in [0.2, 0.25) is 0 Å². The van der Waals surface area contributed by atoms with E-state index in [0.29, 0.717) is 22.3 Å². The van der Waals surface area contributed by atoms with Crippen LogP contribution in [0.1, 0.15) is 32.7 Å². The lowest BCUT2D eigenvalue weighted by Crippen LogP contribution is -2.38. The summed E-state index contributed by atoms with van der Waals surface area (Å²) in [6.07, 6.45) is 3.44. The highest BCUT2D eigenvalue weighted by molar-refractivity contribution is 7.18. The minimum Gasteiger partial charge on any atom is -0.366 e. The highest BCUT2D eigenvalue weighted by Gasteiger charge is 2.25. The van der Waals surface area contributed by atoms with Gasteiger partial charge in [-0.3, -0.25) is 24.0 Å². The molecule has 1 fully saturated rings. The van der Waals surface area contributed by atoms with Crippen molar-refractivity contribution in [3.63, 3.8) is 0 Å². The monoisotopic (exact) mass is 512 g/mol. The fraction of sp³-hybridized carbons (Fsp3) is 0.391. The number of aryl methyl sites for hydroxylation is 1. The zero-order valence-corrected chi connectivity index (χ0v) is 21.0. The molecular weight excluding hydrogens is 487 g/mol. The molecule has 2 unspecified atom stereocenters. The summed E-state index contributed by atoms with van der Waals surface area (Å²) in [5.74, 6) is -0.768. The van der Waals surface area contributed by atoms with E-state index in [1.165, 1.54) is 35.6 Å². The van der Waals surface area contributed by atoms with Gasteiger partial charge in [0, 0.05) is 32.2 Å². The molecule has 1 aliphatic rings. The Kier molecular flexibility index (Phi) is 5.94. The minimum atomic E-state index is -0.827. The summed E-state index contributed by atoms with van der Waals surface area (Å²) in [6.45, 7) is 4.53. The van der Waals surface area contributed by atoms with Gasteiger partial charge in [0.1, 0.15) is 16.9 Å². The summed E-state index contributed by atoms with van der Waals surface area (Å²) in [7, 11) is 2.88. The third-order valence-electron chi connectivity index (χ3n) is 6.68. The maximum Gasteiger partial charge on any atom is 0.332 e. The molecule has 5 rings (SSSR count). The zero-order valence-electron chi connectivity index (χ0n) is 20.2. The molecule has 0 spiro atoms. The molecular formula is C23H25FN8O3S. The zero-order chi connectivity index (χ0) is 25.7. The lowest BCUT2D eigenvalue weighted by molar-refractivity contribution is -0.118. The van der Waals surface area contributed by atoms with Gasteiger partial charge in [0.2, 0.25) is 11.0 Å². The second-order valence-electron chi connectivity index (χ2n) is 8.96. The van der Waals surface area contributed by atoms with E-state index in [9.17, 15) is 18.8 Å². The molecule has 0 saturated carbocycles. The molecule has 2 atom stereocenters. The number of nitrogens with one attached hydrogen (secondary N) is 1. The highest BCUT2D eigenvalue weighted by atomic mass is 32.1. The van der Waals surface area contributed by atoms with Crippen LogP contribution in [0.15, 0.2) is 34.1 Å². The van der Waals surface area contributed by atoms with Gasteiger partial charge >= 0.3 is 5.69 Å². The Hall–Kier alpha value is -3.87. The molecule has 1 aromatic carbocycles. The summed E-state index contributed by atoms with van der Waals surface area (Å²) in [4.78, 5) is 44.0. The topological polar surface area (TPSA) is 120 Å². The maximum absolute atomic E-state index is 14.9. The predicted octanol–water partition coefficient (Wildman–Crippen LogP) is 2.28. The molecule has 0 bridgehead atoms. The fourth-order valence-corrected chi connectivity index (χ4v) is 5.29. The Morgan fingerprint density at radius 1 is 1.22 bits per heavy atom. The number of nitrogens with zero attached hydrogens (tertiary/aromatic N) is 7. The van der Waals surface area contributed by atoms with E-state index >= 15 is 0 Å². The van der Waals surface area contributed by atoms with Crippen molar-refractivity contribution in [3.8, 4) is 10.6 Å². The quantitative estimate of drug-likeness (QED) is 0.436. The van der Waals surface area contributed by atoms with Gasteiger partial charge in [0.05, 0.1) is 12.0 Å². The number of rotatable bonds is 5. The maximum atomic E-state index is 14.9. The Morgan fingerprint density at radius 3 is 2.69 bits per heavy atom. The third-order valence-corrected chi connectivity index (χ3v) is 7.57. The first-order valence-corrected chi connectivity index (χ1v) is 12.3. The van der Waals surface area contributed by atoms with Crippen LogP contribution in [-0.4, -0.2) is 47.4 Å². The Morgan fingerprint density at radius 2 is 2.00 bits per heavy atom. The van der Waals surface area contributed by atoms with Gasteiger partial charge in [-0.2, -0.15) is 0 Å². The molecule has 4 heterocycles. The van der Waals surface area contributed by atoms with Crippen molar-refractivity contribution in [1.82, 2.24) is 28.9 Å². The van der Waals surface area contributed by atoms with Crippen LogP contribution < -0.4 is 21.5 Å². The number of halogens is 1. The van der Waals surface area contributed by atoms with Gasteiger partial charge in [-0.1, -0.05) is 11.3 Å². The van der Waals surface area contributed by atoms with Gasteiger partial charge in [0.25, 0.3) is 5.56 Å². The van der Waals surface area contributed by atoms with Gasteiger partial charge in [-0.25, -0.2) is 14.2 Å². The average Bonchev–Trinajstić information content (AvgIpc) is 3.61. The Bertz CT molecular complexity index is 1600. The molecule has 13 heteroatoms. The predicted molar refractivity (Wildman–Crippen MR) is 135 cm³/mol. The summed E-state index contributed by atoms with van der Waals surface area (Å²) < 4.78 is 18.5. The van der Waals surface area contributed by atoms with Crippen LogP contribution in [-0.2, 0) is 18.9 Å². The first-order chi connectivity index (χ1) is 17.2. The second-order valence-corrected chi connectivity index (χ2v) is 9.94. The van der Waals surface area contributed by atoms with Crippen LogP contribution >= 0.6 is 11.3 Å². The standard InChI is InChI=1S/C23H25FN8O3S/c1-12-6-5-9-31(12)16-8-7-14(10-15(16)24)20-27-28-22(36-20)26-19(33)13(2)32-11-25-18-17(32)21(34)30(4)23(35)29(18)3/h7-8,10-13H,5-6,9H2,1-4H3,(H,26,28,33). The molecule has 11 nitrogen and oxygen atoms in total. The molecule has 4 aromatic rings. The van der Waals surface area contributed by atoms with E-state index in [2.05, 4.69) is 32.3 Å². The third kappa shape index (κ3) is 3.88. The molecule has 1 aliphatic heterocycles. The molecule has 1 N–H and O–H groups in total. The SMILES string of the molecule is CC1CCCN1c1ccc(-c2nnc(NC(=O)C(C)n3cnc4c3c(=O)n(C)c(=O)n4C)s2)cc1F. The van der Waals surface area contributed by atoms with Crippen molar-refractivity contribution in [2.45, 2.75) is 38.8 Å². The van der Waals surface area contributed by atoms with E-state index in [4.69, 9.17) is 0 Å². The van der Waals surface area contributed by atoms with Gasteiger partial charge < -0.3 is 9.47 Å². The van der Waals surface area contributed by atoms with Gasteiger partial charge in [0.15, 0.2) is 11.2 Å². The molecule has 188 valence electrons. The van der Waals surface area contributed by atoms with Crippen molar-refractivity contribution < 1.29 is 9.18 Å². The summed E-state index contributed by atoms with van der Waals surface area (Å²) in [5.41, 5.74) is 0.428. The molecule has 3 aromatic heterocycles. The van der Waals surface area contributed by atoms with Crippen molar-refractivity contribution >= 4 is 39.2 Å². The number of fused-ring (bicyclic) bond motifs is 1.